The van der Waals surface area contributed by atoms with Gasteiger partial charge in [0.05, 0.1) is 29.8 Å². The number of phenols is 1. The van der Waals surface area contributed by atoms with Crippen LogP contribution in [0.5, 0.6) is 11.5 Å². The number of nitrogens with one attached hydrogen (secondary N) is 1. The topological polar surface area (TPSA) is 109 Å². The summed E-state index contributed by atoms with van der Waals surface area (Å²) < 4.78 is 6.90. The number of ether oxygens (including phenoxy) is 1. The average molecular weight is 333 g/mol. The highest BCUT2D eigenvalue weighted by Crippen LogP contribution is 2.38. The Morgan fingerprint density at radius 1 is 1.32 bits per heavy atom. The standard InChI is InChI=1S/C18H15N5O2/c1-25-15-8-10(6-7-14(15)24)16-11(9-19)17(20)23-13-5-3-2-4-12(13)21-18(23)22-16/h2-8,16,24H,20H2,1H3,(H,21,22)/t16-/m0/s1. The number of para-hydroxylation sites is 2. The fourth-order valence-corrected chi connectivity index (χ4v) is 3.08. The molecule has 0 radical (unpaired) electrons. The molecule has 25 heavy (non-hydrogen) atoms. The fourth-order valence-electron chi connectivity index (χ4n) is 3.08. The third-order valence-electron chi connectivity index (χ3n) is 4.30. The lowest BCUT2D eigenvalue weighted by Gasteiger charge is -2.27. The van der Waals surface area contributed by atoms with Crippen LogP contribution in [0, 0.1) is 11.3 Å². The zero-order chi connectivity index (χ0) is 17.6. The smallest absolute Gasteiger partial charge is 0.210 e. The Morgan fingerprint density at radius 3 is 2.88 bits per heavy atom. The van der Waals surface area contributed by atoms with Crippen LogP contribution in [0.1, 0.15) is 11.6 Å². The molecule has 0 saturated heterocycles. The van der Waals surface area contributed by atoms with Crippen molar-refractivity contribution in [1.82, 2.24) is 9.55 Å². The van der Waals surface area contributed by atoms with Crippen LogP contribution in [-0.2, 0) is 0 Å². The maximum absolute atomic E-state index is 9.80. The van der Waals surface area contributed by atoms with Crippen LogP contribution < -0.4 is 15.8 Å². The van der Waals surface area contributed by atoms with Crippen molar-refractivity contribution in [3.8, 4) is 17.6 Å². The molecule has 1 aromatic heterocycles. The van der Waals surface area contributed by atoms with Crippen molar-refractivity contribution in [3.63, 3.8) is 0 Å². The molecule has 4 N–H and O–H groups in total. The number of aromatic hydroxyl groups is 1. The molecule has 2 aromatic carbocycles. The molecular weight excluding hydrogens is 318 g/mol. The molecule has 1 aliphatic rings. The van der Waals surface area contributed by atoms with Crippen LogP contribution in [-0.4, -0.2) is 21.8 Å². The molecule has 0 fully saturated rings. The van der Waals surface area contributed by atoms with Gasteiger partial charge in [-0.05, 0) is 29.8 Å². The van der Waals surface area contributed by atoms with Gasteiger partial charge in [-0.25, -0.2) is 4.98 Å². The number of aromatic nitrogens is 2. The summed E-state index contributed by atoms with van der Waals surface area (Å²) >= 11 is 0. The molecular formula is C18H15N5O2. The van der Waals surface area contributed by atoms with Crippen molar-refractivity contribution >= 4 is 22.8 Å². The third-order valence-corrected chi connectivity index (χ3v) is 4.30. The fraction of sp³-hybridized carbons (Fsp3) is 0.111. The second-order valence-electron chi connectivity index (χ2n) is 5.68. The van der Waals surface area contributed by atoms with Crippen molar-refractivity contribution in [3.05, 3.63) is 53.6 Å². The maximum Gasteiger partial charge on any atom is 0.210 e. The summed E-state index contributed by atoms with van der Waals surface area (Å²) in [5, 5.41) is 22.7. The number of imidazole rings is 1. The molecule has 0 saturated carbocycles. The summed E-state index contributed by atoms with van der Waals surface area (Å²) in [6, 6.07) is 14.2. The van der Waals surface area contributed by atoms with E-state index in [1.807, 2.05) is 24.3 Å². The third kappa shape index (κ3) is 2.16. The number of fused-ring (bicyclic) bond motifs is 3. The molecule has 0 amide bonds. The minimum Gasteiger partial charge on any atom is -0.504 e. The monoisotopic (exact) mass is 333 g/mol. The van der Waals surface area contributed by atoms with Crippen molar-refractivity contribution in [2.24, 2.45) is 5.73 Å². The summed E-state index contributed by atoms with van der Waals surface area (Å²) in [4.78, 5) is 4.56. The highest BCUT2D eigenvalue weighted by atomic mass is 16.5. The number of anilines is 1. The lowest BCUT2D eigenvalue weighted by atomic mass is 9.97. The van der Waals surface area contributed by atoms with Crippen LogP contribution in [0.15, 0.2) is 48.0 Å². The number of phenolic OH excluding ortho intramolecular Hbond substituents is 1. The van der Waals surface area contributed by atoms with Crippen LogP contribution in [0.2, 0.25) is 0 Å². The van der Waals surface area contributed by atoms with Crippen molar-refractivity contribution in [1.29, 1.82) is 5.26 Å². The summed E-state index contributed by atoms with van der Waals surface area (Å²) in [6.45, 7) is 0. The Hall–Kier alpha value is -3.66. The SMILES string of the molecule is COc1cc([C@@H]2Nc3nc4ccccc4n3C(N)=C2C#N)ccc1O. The van der Waals surface area contributed by atoms with Gasteiger partial charge in [0.2, 0.25) is 5.95 Å². The van der Waals surface area contributed by atoms with E-state index in [2.05, 4.69) is 16.4 Å². The minimum absolute atomic E-state index is 0.0322. The van der Waals surface area contributed by atoms with Gasteiger partial charge in [0.25, 0.3) is 0 Å². The van der Waals surface area contributed by atoms with Gasteiger partial charge in [0.1, 0.15) is 11.9 Å². The summed E-state index contributed by atoms with van der Waals surface area (Å²) in [5.41, 5.74) is 9.04. The molecule has 1 aliphatic heterocycles. The van der Waals surface area contributed by atoms with Gasteiger partial charge < -0.3 is 20.9 Å². The Bertz CT molecular complexity index is 1060. The normalized spacial score (nSPS) is 16.2. The zero-order valence-corrected chi connectivity index (χ0v) is 13.4. The second kappa shape index (κ2) is 5.46. The van der Waals surface area contributed by atoms with Gasteiger partial charge in [0, 0.05) is 0 Å². The quantitative estimate of drug-likeness (QED) is 0.665. The van der Waals surface area contributed by atoms with E-state index >= 15 is 0 Å². The van der Waals surface area contributed by atoms with E-state index in [1.165, 1.54) is 13.2 Å². The summed E-state index contributed by atoms with van der Waals surface area (Å²) in [7, 11) is 1.47. The first-order valence-electron chi connectivity index (χ1n) is 7.65. The summed E-state index contributed by atoms with van der Waals surface area (Å²) in [6.07, 6.45) is 0. The van der Waals surface area contributed by atoms with Crippen LogP contribution in [0.4, 0.5) is 5.95 Å². The van der Waals surface area contributed by atoms with E-state index in [4.69, 9.17) is 10.5 Å². The molecule has 1 atom stereocenters. The molecule has 0 unspecified atom stereocenters. The number of nitriles is 1. The second-order valence-corrected chi connectivity index (χ2v) is 5.68. The molecule has 7 heteroatoms. The van der Waals surface area contributed by atoms with Crippen LogP contribution >= 0.6 is 0 Å². The largest absolute Gasteiger partial charge is 0.504 e. The number of nitrogens with zero attached hydrogens (tertiary/aromatic N) is 3. The van der Waals surface area contributed by atoms with Crippen LogP contribution in [0.3, 0.4) is 0 Å². The van der Waals surface area contributed by atoms with E-state index < -0.39 is 6.04 Å². The van der Waals surface area contributed by atoms with E-state index in [0.29, 0.717) is 23.1 Å². The van der Waals surface area contributed by atoms with Gasteiger partial charge in [-0.1, -0.05) is 18.2 Å². The molecule has 0 aliphatic carbocycles. The highest BCUT2D eigenvalue weighted by Gasteiger charge is 2.30. The Kier molecular flexibility index (Phi) is 3.25. The van der Waals surface area contributed by atoms with Gasteiger partial charge in [0.15, 0.2) is 11.5 Å². The summed E-state index contributed by atoms with van der Waals surface area (Å²) in [5.74, 6) is 1.26. The minimum atomic E-state index is -0.483. The van der Waals surface area contributed by atoms with Gasteiger partial charge in [-0.2, -0.15) is 5.26 Å². The number of nitrogens with two attached hydrogens (primary N) is 1. The number of benzene rings is 2. The zero-order valence-electron chi connectivity index (χ0n) is 13.4. The molecule has 3 aromatic rings. The Balaban J connectivity index is 1.90. The van der Waals surface area contributed by atoms with Gasteiger partial charge in [-0.15, -0.1) is 0 Å². The highest BCUT2D eigenvalue weighted by molar-refractivity contribution is 5.85. The van der Waals surface area contributed by atoms with Crippen molar-refractivity contribution in [2.45, 2.75) is 6.04 Å². The average Bonchev–Trinajstić information content (AvgIpc) is 3.00. The number of rotatable bonds is 2. The molecule has 0 bridgehead atoms. The van der Waals surface area contributed by atoms with Crippen LogP contribution in [0.25, 0.3) is 16.9 Å². The first-order chi connectivity index (χ1) is 12.1. The molecule has 7 nitrogen and oxygen atoms in total. The molecule has 2 heterocycles. The molecule has 124 valence electrons. The van der Waals surface area contributed by atoms with Crippen molar-refractivity contribution in [2.75, 3.05) is 12.4 Å². The molecule has 0 spiro atoms. The van der Waals surface area contributed by atoms with E-state index in [0.717, 1.165) is 16.6 Å². The first kappa shape index (κ1) is 14.9. The number of hydrogen-bond acceptors (Lipinski definition) is 6. The predicted molar refractivity (Wildman–Crippen MR) is 93.8 cm³/mol. The number of methoxy groups -OCH3 is 1. The molecule has 4 rings (SSSR count). The predicted octanol–water partition coefficient (Wildman–Crippen LogP) is 2.57. The van der Waals surface area contributed by atoms with Crippen molar-refractivity contribution < 1.29 is 9.84 Å². The lowest BCUT2D eigenvalue weighted by Crippen LogP contribution is -2.26. The van der Waals surface area contributed by atoms with Gasteiger partial charge in [-0.3, -0.25) is 4.57 Å². The first-order valence-corrected chi connectivity index (χ1v) is 7.65. The van der Waals surface area contributed by atoms with Gasteiger partial charge >= 0.3 is 0 Å². The van der Waals surface area contributed by atoms with E-state index in [1.54, 1.807) is 16.7 Å². The lowest BCUT2D eigenvalue weighted by molar-refractivity contribution is 0.373. The van der Waals surface area contributed by atoms with E-state index in [9.17, 15) is 10.4 Å². The van der Waals surface area contributed by atoms with E-state index in [-0.39, 0.29) is 5.75 Å². The Labute approximate surface area is 143 Å². The maximum atomic E-state index is 9.80. The number of hydrogen-bond donors (Lipinski definition) is 3. The Morgan fingerprint density at radius 2 is 2.12 bits per heavy atom.